The summed E-state index contributed by atoms with van der Waals surface area (Å²) in [5.41, 5.74) is 3.92. The predicted molar refractivity (Wildman–Crippen MR) is 127 cm³/mol. The predicted octanol–water partition coefficient (Wildman–Crippen LogP) is 5.66. The Kier molecular flexibility index (Phi) is 6.51. The van der Waals surface area contributed by atoms with Crippen LogP contribution in [0.5, 0.6) is 5.75 Å². The Morgan fingerprint density at radius 1 is 1.00 bits per heavy atom. The van der Waals surface area contributed by atoms with Gasteiger partial charge in [-0.25, -0.2) is 9.07 Å². The fourth-order valence-corrected chi connectivity index (χ4v) is 4.30. The van der Waals surface area contributed by atoms with Crippen molar-refractivity contribution in [2.75, 3.05) is 0 Å². The van der Waals surface area contributed by atoms with Crippen LogP contribution in [0.2, 0.25) is 0 Å². The van der Waals surface area contributed by atoms with Crippen LogP contribution in [0.3, 0.4) is 0 Å². The smallest absolute Gasteiger partial charge is 0.270 e. The number of aryl methyl sites for hydroxylation is 2. The summed E-state index contributed by atoms with van der Waals surface area (Å²) >= 11 is 3.53. The lowest BCUT2D eigenvalue weighted by atomic mass is 9.94. The van der Waals surface area contributed by atoms with Gasteiger partial charge in [-0.1, -0.05) is 64.5 Å². The fourth-order valence-electron chi connectivity index (χ4n) is 3.89. The number of para-hydroxylation sites is 1. The second-order valence-corrected chi connectivity index (χ2v) is 8.49. The van der Waals surface area contributed by atoms with Crippen LogP contribution in [-0.2, 0) is 19.4 Å². The highest BCUT2D eigenvalue weighted by molar-refractivity contribution is 9.10. The molecule has 4 nitrogen and oxygen atoms in total. The molecule has 0 aliphatic rings. The standard InChI is InChI=1S/C26H22BrFN2O2/c1-17-25(21-10-3-5-12-24(21)31)22(14-13-18-7-6-9-20(28)15-18)26(32)30(29-17)16-19-8-2-4-11-23(19)27/h2-12,15,31H,13-14,16H2,1H3. The molecule has 6 heteroatoms. The van der Waals surface area contributed by atoms with E-state index in [9.17, 15) is 14.3 Å². The average Bonchev–Trinajstić information content (AvgIpc) is 2.77. The van der Waals surface area contributed by atoms with Gasteiger partial charge >= 0.3 is 0 Å². The summed E-state index contributed by atoms with van der Waals surface area (Å²) in [6, 6.07) is 21.0. The molecule has 4 aromatic rings. The lowest BCUT2D eigenvalue weighted by Crippen LogP contribution is -2.29. The van der Waals surface area contributed by atoms with E-state index >= 15 is 0 Å². The maximum atomic E-state index is 13.7. The van der Waals surface area contributed by atoms with E-state index in [2.05, 4.69) is 21.0 Å². The second-order valence-electron chi connectivity index (χ2n) is 7.64. The number of hydrogen-bond donors (Lipinski definition) is 1. The maximum absolute atomic E-state index is 13.7. The van der Waals surface area contributed by atoms with Gasteiger partial charge in [-0.2, -0.15) is 5.10 Å². The van der Waals surface area contributed by atoms with Gasteiger partial charge in [0, 0.05) is 21.2 Å². The Balaban J connectivity index is 1.82. The summed E-state index contributed by atoms with van der Waals surface area (Å²) < 4.78 is 16.0. The number of halogens is 2. The van der Waals surface area contributed by atoms with E-state index in [1.54, 1.807) is 24.3 Å². The van der Waals surface area contributed by atoms with Gasteiger partial charge in [-0.3, -0.25) is 4.79 Å². The molecule has 3 aromatic carbocycles. The summed E-state index contributed by atoms with van der Waals surface area (Å²) in [7, 11) is 0. The Hall–Kier alpha value is -3.25. The molecular formula is C26H22BrFN2O2. The van der Waals surface area contributed by atoms with Gasteiger partial charge in [0.15, 0.2) is 0 Å². The van der Waals surface area contributed by atoms with Crippen molar-refractivity contribution in [3.63, 3.8) is 0 Å². The molecule has 0 aliphatic heterocycles. The van der Waals surface area contributed by atoms with Crippen molar-refractivity contribution in [2.24, 2.45) is 0 Å². The SMILES string of the molecule is Cc1nn(Cc2ccccc2Br)c(=O)c(CCc2cccc(F)c2)c1-c1ccccc1O. The van der Waals surface area contributed by atoms with E-state index in [0.717, 1.165) is 15.6 Å². The van der Waals surface area contributed by atoms with Gasteiger partial charge in [0.05, 0.1) is 12.2 Å². The summed E-state index contributed by atoms with van der Waals surface area (Å²) in [6.45, 7) is 2.15. The first-order chi connectivity index (χ1) is 15.4. The van der Waals surface area contributed by atoms with Crippen molar-refractivity contribution in [1.29, 1.82) is 0 Å². The van der Waals surface area contributed by atoms with Gasteiger partial charge < -0.3 is 5.11 Å². The van der Waals surface area contributed by atoms with Crippen molar-refractivity contribution in [1.82, 2.24) is 9.78 Å². The van der Waals surface area contributed by atoms with Crippen molar-refractivity contribution in [2.45, 2.75) is 26.3 Å². The lowest BCUT2D eigenvalue weighted by molar-refractivity contribution is 0.477. The van der Waals surface area contributed by atoms with Crippen LogP contribution in [0, 0.1) is 12.7 Å². The highest BCUT2D eigenvalue weighted by atomic mass is 79.9. The molecule has 162 valence electrons. The number of hydrogen-bond acceptors (Lipinski definition) is 3. The largest absolute Gasteiger partial charge is 0.507 e. The van der Waals surface area contributed by atoms with E-state index in [1.165, 1.54) is 16.8 Å². The molecular weight excluding hydrogens is 471 g/mol. The van der Waals surface area contributed by atoms with E-state index in [4.69, 9.17) is 0 Å². The summed E-state index contributed by atoms with van der Waals surface area (Å²) in [4.78, 5) is 13.6. The molecule has 0 saturated carbocycles. The monoisotopic (exact) mass is 492 g/mol. The van der Waals surface area contributed by atoms with Crippen LogP contribution >= 0.6 is 15.9 Å². The summed E-state index contributed by atoms with van der Waals surface area (Å²) in [6.07, 6.45) is 0.886. The Morgan fingerprint density at radius 3 is 2.50 bits per heavy atom. The molecule has 32 heavy (non-hydrogen) atoms. The first-order valence-corrected chi connectivity index (χ1v) is 11.1. The third kappa shape index (κ3) is 4.65. The number of rotatable bonds is 6. The third-order valence-corrected chi connectivity index (χ3v) is 6.20. The molecule has 0 amide bonds. The number of phenolic OH excluding ortho intramolecular Hbond substituents is 1. The lowest BCUT2D eigenvalue weighted by Gasteiger charge is -2.17. The third-order valence-electron chi connectivity index (χ3n) is 5.43. The topological polar surface area (TPSA) is 55.1 Å². The average molecular weight is 493 g/mol. The number of benzene rings is 3. The normalized spacial score (nSPS) is 11.0. The zero-order valence-corrected chi connectivity index (χ0v) is 19.1. The molecule has 0 spiro atoms. The van der Waals surface area contributed by atoms with Gasteiger partial charge in [0.25, 0.3) is 5.56 Å². The molecule has 0 bridgehead atoms. The van der Waals surface area contributed by atoms with Crippen LogP contribution in [0.4, 0.5) is 4.39 Å². The molecule has 0 radical (unpaired) electrons. The number of aromatic nitrogens is 2. The van der Waals surface area contributed by atoms with Crippen molar-refractivity contribution >= 4 is 15.9 Å². The van der Waals surface area contributed by atoms with Gasteiger partial charge in [-0.05, 0) is 55.2 Å². The zero-order chi connectivity index (χ0) is 22.7. The second kappa shape index (κ2) is 9.49. The van der Waals surface area contributed by atoms with Crippen LogP contribution in [0.15, 0.2) is 82.1 Å². The maximum Gasteiger partial charge on any atom is 0.270 e. The summed E-state index contributed by atoms with van der Waals surface area (Å²) in [5.74, 6) is -0.215. The summed E-state index contributed by atoms with van der Waals surface area (Å²) in [5, 5.41) is 15.0. The molecule has 0 aliphatic carbocycles. The van der Waals surface area contributed by atoms with E-state index < -0.39 is 0 Å². The first kappa shape index (κ1) is 22.0. The zero-order valence-electron chi connectivity index (χ0n) is 17.6. The molecule has 0 fully saturated rings. The number of nitrogens with zero attached hydrogens (tertiary/aromatic N) is 2. The first-order valence-electron chi connectivity index (χ1n) is 10.3. The van der Waals surface area contributed by atoms with Crippen LogP contribution in [0.25, 0.3) is 11.1 Å². The molecule has 0 atom stereocenters. The van der Waals surface area contributed by atoms with E-state index in [0.29, 0.717) is 41.8 Å². The van der Waals surface area contributed by atoms with Gasteiger partial charge in [-0.15, -0.1) is 0 Å². The van der Waals surface area contributed by atoms with E-state index in [-0.39, 0.29) is 17.1 Å². The van der Waals surface area contributed by atoms with Crippen LogP contribution in [-0.4, -0.2) is 14.9 Å². The Morgan fingerprint density at radius 2 is 1.75 bits per heavy atom. The Labute approximate surface area is 194 Å². The van der Waals surface area contributed by atoms with Crippen molar-refractivity contribution in [3.05, 3.63) is 116 Å². The molecule has 1 aromatic heterocycles. The molecule has 0 saturated heterocycles. The van der Waals surface area contributed by atoms with Crippen molar-refractivity contribution in [3.8, 4) is 16.9 Å². The molecule has 1 N–H and O–H groups in total. The quantitative estimate of drug-likeness (QED) is 0.377. The molecule has 0 unspecified atom stereocenters. The van der Waals surface area contributed by atoms with E-state index in [1.807, 2.05) is 43.3 Å². The number of aromatic hydroxyl groups is 1. The van der Waals surface area contributed by atoms with Crippen LogP contribution < -0.4 is 5.56 Å². The molecule has 4 rings (SSSR count). The van der Waals surface area contributed by atoms with Gasteiger partial charge in [0.1, 0.15) is 11.6 Å². The highest BCUT2D eigenvalue weighted by Gasteiger charge is 2.19. The van der Waals surface area contributed by atoms with Crippen LogP contribution in [0.1, 0.15) is 22.4 Å². The highest BCUT2D eigenvalue weighted by Crippen LogP contribution is 2.32. The number of phenols is 1. The molecule has 1 heterocycles. The minimum absolute atomic E-state index is 0.0901. The van der Waals surface area contributed by atoms with Crippen molar-refractivity contribution < 1.29 is 9.50 Å². The Bertz CT molecular complexity index is 1330. The van der Waals surface area contributed by atoms with Gasteiger partial charge in [0.2, 0.25) is 0 Å². The minimum Gasteiger partial charge on any atom is -0.507 e. The fraction of sp³-hybridized carbons (Fsp3) is 0.154. The minimum atomic E-state index is -0.305.